The van der Waals surface area contributed by atoms with Gasteiger partial charge in [0.05, 0.1) is 32.6 Å². The fraction of sp³-hybridized carbons (Fsp3) is 0.360. The van der Waals surface area contributed by atoms with Crippen LogP contribution >= 0.6 is 11.6 Å². The third kappa shape index (κ3) is 6.01. The number of aromatic hydroxyl groups is 1. The van der Waals surface area contributed by atoms with Gasteiger partial charge < -0.3 is 24.4 Å². The minimum atomic E-state index is 0.127. The topological polar surface area (TPSA) is 108 Å². The zero-order valence-electron chi connectivity index (χ0n) is 19.8. The van der Waals surface area contributed by atoms with Crippen LogP contribution in [-0.4, -0.2) is 78.9 Å². The fourth-order valence-electron chi connectivity index (χ4n) is 4.05. The van der Waals surface area contributed by atoms with Crippen LogP contribution in [0.2, 0.25) is 5.02 Å². The van der Waals surface area contributed by atoms with Gasteiger partial charge in [0.25, 0.3) is 0 Å². The molecule has 2 aliphatic rings. The van der Waals surface area contributed by atoms with Crippen molar-refractivity contribution in [3.63, 3.8) is 0 Å². The van der Waals surface area contributed by atoms with Crippen LogP contribution in [0.15, 0.2) is 47.6 Å². The number of hydrogen-bond acceptors (Lipinski definition) is 10. The Balaban J connectivity index is 1.35. The van der Waals surface area contributed by atoms with Gasteiger partial charge in [0.15, 0.2) is 0 Å². The summed E-state index contributed by atoms with van der Waals surface area (Å²) in [6.45, 7) is 5.35. The molecule has 10 nitrogen and oxygen atoms in total. The number of nitrogens with zero attached hydrogens (tertiary/aromatic N) is 6. The first-order chi connectivity index (χ1) is 17.7. The summed E-state index contributed by atoms with van der Waals surface area (Å²) in [5.41, 5.74) is 5.51. The van der Waals surface area contributed by atoms with E-state index in [1.807, 2.05) is 36.4 Å². The van der Waals surface area contributed by atoms with Gasteiger partial charge in [0.1, 0.15) is 5.75 Å². The number of aromatic nitrogens is 3. The van der Waals surface area contributed by atoms with E-state index in [1.165, 1.54) is 0 Å². The highest BCUT2D eigenvalue weighted by Gasteiger charge is 2.20. The molecule has 2 N–H and O–H groups in total. The average Bonchev–Trinajstić information content (AvgIpc) is 2.92. The first-order valence-electron chi connectivity index (χ1n) is 11.9. The van der Waals surface area contributed by atoms with Gasteiger partial charge in [-0.25, -0.2) is 5.43 Å². The first kappa shape index (κ1) is 24.2. The van der Waals surface area contributed by atoms with Gasteiger partial charge in [-0.15, -0.1) is 0 Å². The zero-order chi connectivity index (χ0) is 24.7. The lowest BCUT2D eigenvalue weighted by atomic mass is 10.0. The van der Waals surface area contributed by atoms with Crippen LogP contribution in [0, 0.1) is 0 Å². The molecule has 0 atom stereocenters. The lowest BCUT2D eigenvalue weighted by Crippen LogP contribution is -2.40. The Labute approximate surface area is 214 Å². The Kier molecular flexibility index (Phi) is 7.75. The molecule has 0 radical (unpaired) electrons. The van der Waals surface area contributed by atoms with Crippen LogP contribution in [0.5, 0.6) is 5.75 Å². The van der Waals surface area contributed by atoms with E-state index < -0.39 is 0 Å². The predicted molar refractivity (Wildman–Crippen MR) is 139 cm³/mol. The third-order valence-electron chi connectivity index (χ3n) is 6.01. The van der Waals surface area contributed by atoms with Gasteiger partial charge in [-0.2, -0.15) is 20.1 Å². The normalized spacial score (nSPS) is 16.5. The van der Waals surface area contributed by atoms with Crippen LogP contribution in [0.25, 0.3) is 0 Å². The summed E-state index contributed by atoms with van der Waals surface area (Å²) >= 11 is 6.31. The second-order valence-electron chi connectivity index (χ2n) is 8.49. The first-order valence-corrected chi connectivity index (χ1v) is 12.3. The number of rotatable bonds is 7. The molecule has 0 bridgehead atoms. The maximum absolute atomic E-state index is 10.4. The Morgan fingerprint density at radius 2 is 1.56 bits per heavy atom. The van der Waals surface area contributed by atoms with E-state index in [1.54, 1.807) is 12.3 Å². The number of morpholine rings is 2. The molecule has 3 aromatic rings. The minimum Gasteiger partial charge on any atom is -0.507 e. The summed E-state index contributed by atoms with van der Waals surface area (Å²) in [6.07, 6.45) is 2.20. The number of hydrazone groups is 1. The van der Waals surface area contributed by atoms with Crippen molar-refractivity contribution < 1.29 is 14.6 Å². The Morgan fingerprint density at radius 1 is 0.917 bits per heavy atom. The Morgan fingerprint density at radius 3 is 2.19 bits per heavy atom. The van der Waals surface area contributed by atoms with Crippen molar-refractivity contribution in [1.29, 1.82) is 0 Å². The molecule has 0 spiro atoms. The highest BCUT2D eigenvalue weighted by molar-refractivity contribution is 6.31. The summed E-state index contributed by atoms with van der Waals surface area (Å²) in [7, 11) is 0. The second-order valence-corrected chi connectivity index (χ2v) is 8.90. The minimum absolute atomic E-state index is 0.127. The lowest BCUT2D eigenvalue weighted by molar-refractivity contribution is 0.121. The van der Waals surface area contributed by atoms with Gasteiger partial charge in [0, 0.05) is 36.8 Å². The molecular weight excluding hydrogens is 482 g/mol. The molecule has 3 heterocycles. The monoisotopic (exact) mass is 509 g/mol. The molecule has 2 fully saturated rings. The number of nitrogens with one attached hydrogen (secondary N) is 1. The van der Waals surface area contributed by atoms with Crippen molar-refractivity contribution in [1.82, 2.24) is 15.0 Å². The van der Waals surface area contributed by atoms with Gasteiger partial charge in [-0.05, 0) is 35.7 Å². The summed E-state index contributed by atoms with van der Waals surface area (Å²) in [5, 5.41) is 15.4. The summed E-state index contributed by atoms with van der Waals surface area (Å²) in [6, 6.07) is 13.1. The van der Waals surface area contributed by atoms with Crippen LogP contribution in [0.3, 0.4) is 0 Å². The smallest absolute Gasteiger partial charge is 0.250 e. The van der Waals surface area contributed by atoms with Crippen LogP contribution in [0.4, 0.5) is 17.8 Å². The second kappa shape index (κ2) is 11.5. The van der Waals surface area contributed by atoms with E-state index in [9.17, 15) is 5.11 Å². The number of ether oxygens (including phenoxy) is 2. The van der Waals surface area contributed by atoms with E-state index in [0.717, 1.165) is 11.1 Å². The summed E-state index contributed by atoms with van der Waals surface area (Å²) in [5.74, 6) is 1.62. The number of hydrogen-bond donors (Lipinski definition) is 2. The quantitative estimate of drug-likeness (QED) is 0.367. The van der Waals surface area contributed by atoms with Gasteiger partial charge in [-0.1, -0.05) is 35.9 Å². The lowest BCUT2D eigenvalue weighted by Gasteiger charge is -2.30. The van der Waals surface area contributed by atoms with Gasteiger partial charge in [0.2, 0.25) is 17.8 Å². The van der Waals surface area contributed by atoms with Crippen molar-refractivity contribution in [2.24, 2.45) is 5.10 Å². The molecule has 5 rings (SSSR count). The van der Waals surface area contributed by atoms with Crippen molar-refractivity contribution in [2.75, 3.05) is 67.8 Å². The molecule has 11 heteroatoms. The largest absolute Gasteiger partial charge is 0.507 e. The van der Waals surface area contributed by atoms with Crippen LogP contribution in [0.1, 0.15) is 16.7 Å². The SMILES string of the molecule is Oc1ccc(Cc2ccccc2Cl)cc1/C=N\Nc1nc(N2CCOCC2)nc(N2CCOCC2)n1. The standard InChI is InChI=1S/C25H28ClN7O3/c26-21-4-2-1-3-19(21)15-18-5-6-22(34)20(16-18)17-27-31-23-28-24(32-7-11-35-12-8-32)30-25(29-23)33-9-13-36-14-10-33/h1-6,16-17,34H,7-15H2,(H,28,29,30,31)/b27-17-. The van der Waals surface area contributed by atoms with Crippen molar-refractivity contribution >= 4 is 35.7 Å². The van der Waals surface area contributed by atoms with Gasteiger partial charge in [-0.3, -0.25) is 0 Å². The maximum Gasteiger partial charge on any atom is 0.250 e. The van der Waals surface area contributed by atoms with E-state index >= 15 is 0 Å². The molecule has 2 aromatic carbocycles. The highest BCUT2D eigenvalue weighted by atomic mass is 35.5. The fourth-order valence-corrected chi connectivity index (χ4v) is 4.25. The van der Waals surface area contributed by atoms with Crippen LogP contribution in [-0.2, 0) is 15.9 Å². The average molecular weight is 510 g/mol. The maximum atomic E-state index is 10.4. The van der Waals surface area contributed by atoms with E-state index in [-0.39, 0.29) is 5.75 Å². The number of benzene rings is 2. The van der Waals surface area contributed by atoms with E-state index in [2.05, 4.69) is 30.3 Å². The number of anilines is 3. The van der Waals surface area contributed by atoms with Crippen LogP contribution < -0.4 is 15.2 Å². The third-order valence-corrected chi connectivity index (χ3v) is 6.38. The van der Waals surface area contributed by atoms with E-state index in [4.69, 9.17) is 26.1 Å². The Bertz CT molecular complexity index is 1180. The van der Waals surface area contributed by atoms with Gasteiger partial charge >= 0.3 is 0 Å². The summed E-state index contributed by atoms with van der Waals surface area (Å²) in [4.78, 5) is 18.0. The highest BCUT2D eigenvalue weighted by Crippen LogP contribution is 2.23. The molecule has 36 heavy (non-hydrogen) atoms. The van der Waals surface area contributed by atoms with Crippen molar-refractivity contribution in [2.45, 2.75) is 6.42 Å². The number of phenols is 1. The molecule has 2 saturated heterocycles. The molecule has 2 aliphatic heterocycles. The number of phenolic OH excluding ortho intramolecular Hbond substituents is 1. The molecule has 1 aromatic heterocycles. The zero-order valence-corrected chi connectivity index (χ0v) is 20.6. The molecule has 0 unspecified atom stereocenters. The van der Waals surface area contributed by atoms with Crippen molar-refractivity contribution in [3.05, 3.63) is 64.2 Å². The Hall–Kier alpha value is -3.47. The molecule has 188 valence electrons. The number of halogens is 1. The molecule has 0 amide bonds. The molecular formula is C25H28ClN7O3. The predicted octanol–water partition coefficient (Wildman–Crippen LogP) is 2.94. The van der Waals surface area contributed by atoms with Crippen molar-refractivity contribution in [3.8, 4) is 5.75 Å². The van der Waals surface area contributed by atoms with E-state index in [0.29, 0.717) is 87.5 Å². The molecule has 0 aliphatic carbocycles. The molecule has 0 saturated carbocycles. The summed E-state index contributed by atoms with van der Waals surface area (Å²) < 4.78 is 10.9.